The van der Waals surface area contributed by atoms with E-state index in [1.807, 2.05) is 0 Å². The fourth-order valence-electron chi connectivity index (χ4n) is 2.94. The van der Waals surface area contributed by atoms with Gasteiger partial charge in [-0.05, 0) is 49.1 Å². The molecule has 0 bridgehead atoms. The topological polar surface area (TPSA) is 26.0 Å². The zero-order valence-electron chi connectivity index (χ0n) is 11.2. The number of hydrogen-bond donors (Lipinski definition) is 1. The summed E-state index contributed by atoms with van der Waals surface area (Å²) in [5.74, 6) is 1.72. The molecule has 1 nitrogen and oxygen atoms in total. The molecular formula is C16H25N. The number of hydrogen-bond acceptors (Lipinski definition) is 1. The van der Waals surface area contributed by atoms with Crippen LogP contribution >= 0.6 is 0 Å². The van der Waals surface area contributed by atoms with E-state index in [9.17, 15) is 0 Å². The molecule has 1 heteroatoms. The lowest BCUT2D eigenvalue weighted by Crippen LogP contribution is -2.18. The van der Waals surface area contributed by atoms with Crippen LogP contribution in [0.2, 0.25) is 0 Å². The van der Waals surface area contributed by atoms with E-state index in [0.717, 1.165) is 18.3 Å². The fourth-order valence-corrected chi connectivity index (χ4v) is 2.94. The van der Waals surface area contributed by atoms with E-state index in [4.69, 9.17) is 5.73 Å². The summed E-state index contributed by atoms with van der Waals surface area (Å²) in [4.78, 5) is 0. The van der Waals surface area contributed by atoms with Crippen LogP contribution in [0.4, 0.5) is 0 Å². The number of rotatable bonds is 3. The van der Waals surface area contributed by atoms with Crippen LogP contribution in [0.5, 0.6) is 0 Å². The Hall–Kier alpha value is -0.820. The minimum absolute atomic E-state index is 0.261. The van der Waals surface area contributed by atoms with Crippen LogP contribution in [0.25, 0.3) is 0 Å². The predicted octanol–water partition coefficient (Wildman–Crippen LogP) is 3.87. The van der Waals surface area contributed by atoms with Crippen molar-refractivity contribution in [1.29, 1.82) is 0 Å². The second-order valence-corrected chi connectivity index (χ2v) is 5.88. The Bertz CT molecular complexity index is 348. The van der Waals surface area contributed by atoms with Gasteiger partial charge in [-0.25, -0.2) is 0 Å². The van der Waals surface area contributed by atoms with Gasteiger partial charge in [-0.2, -0.15) is 0 Å². The summed E-state index contributed by atoms with van der Waals surface area (Å²) >= 11 is 0. The fraction of sp³-hybridized carbons (Fsp3) is 0.625. The third-order valence-corrected chi connectivity index (χ3v) is 4.00. The van der Waals surface area contributed by atoms with Crippen LogP contribution in [0, 0.1) is 5.92 Å². The Morgan fingerprint density at radius 3 is 2.59 bits per heavy atom. The molecule has 0 spiro atoms. The largest absolute Gasteiger partial charge is 0.328 e. The van der Waals surface area contributed by atoms with Crippen LogP contribution in [0.3, 0.4) is 0 Å². The van der Waals surface area contributed by atoms with Crippen molar-refractivity contribution in [2.24, 2.45) is 11.7 Å². The van der Waals surface area contributed by atoms with Gasteiger partial charge < -0.3 is 5.73 Å². The van der Waals surface area contributed by atoms with Crippen molar-refractivity contribution < 1.29 is 0 Å². The summed E-state index contributed by atoms with van der Waals surface area (Å²) < 4.78 is 0. The summed E-state index contributed by atoms with van der Waals surface area (Å²) in [6, 6.07) is 9.34. The maximum atomic E-state index is 5.87. The van der Waals surface area contributed by atoms with Crippen molar-refractivity contribution in [2.75, 3.05) is 0 Å². The maximum Gasteiger partial charge on any atom is 0.00509 e. The Morgan fingerprint density at radius 2 is 1.94 bits per heavy atom. The van der Waals surface area contributed by atoms with Crippen molar-refractivity contribution in [3.05, 3.63) is 35.4 Å². The average Bonchev–Trinajstić information content (AvgIpc) is 2.29. The first kappa shape index (κ1) is 12.6. The molecule has 1 aromatic carbocycles. The molecule has 0 aliphatic heterocycles. The van der Waals surface area contributed by atoms with Gasteiger partial charge in [-0.15, -0.1) is 0 Å². The molecule has 94 valence electrons. The van der Waals surface area contributed by atoms with Crippen LogP contribution in [0.1, 0.15) is 56.6 Å². The van der Waals surface area contributed by atoms with Crippen molar-refractivity contribution in [1.82, 2.24) is 0 Å². The average molecular weight is 231 g/mol. The molecule has 1 aliphatic rings. The zero-order valence-corrected chi connectivity index (χ0v) is 11.2. The maximum absolute atomic E-state index is 5.87. The van der Waals surface area contributed by atoms with Crippen LogP contribution in [-0.2, 0) is 6.42 Å². The Kier molecular flexibility index (Phi) is 4.22. The van der Waals surface area contributed by atoms with Crippen molar-refractivity contribution in [2.45, 2.75) is 57.9 Å². The molecule has 1 atom stereocenters. The van der Waals surface area contributed by atoms with Gasteiger partial charge in [0.15, 0.2) is 0 Å². The third kappa shape index (κ3) is 3.57. The zero-order chi connectivity index (χ0) is 12.3. The van der Waals surface area contributed by atoms with Crippen molar-refractivity contribution in [3.63, 3.8) is 0 Å². The van der Waals surface area contributed by atoms with E-state index >= 15 is 0 Å². The summed E-state index contributed by atoms with van der Waals surface area (Å²) in [5, 5.41) is 0. The lowest BCUT2D eigenvalue weighted by molar-refractivity contribution is 0.348. The smallest absolute Gasteiger partial charge is 0.00509 e. The van der Waals surface area contributed by atoms with Gasteiger partial charge in [0.25, 0.3) is 0 Å². The second-order valence-electron chi connectivity index (χ2n) is 5.88. The lowest BCUT2D eigenvalue weighted by atomic mass is 9.79. The molecule has 1 aliphatic carbocycles. The molecule has 1 fully saturated rings. The van der Waals surface area contributed by atoms with Gasteiger partial charge >= 0.3 is 0 Å². The number of nitrogens with two attached hydrogens (primary N) is 1. The molecule has 0 amide bonds. The van der Waals surface area contributed by atoms with E-state index < -0.39 is 0 Å². The Balaban J connectivity index is 2.05. The van der Waals surface area contributed by atoms with Gasteiger partial charge in [-0.3, -0.25) is 0 Å². The summed E-state index contributed by atoms with van der Waals surface area (Å²) in [6.07, 6.45) is 6.51. The molecule has 2 rings (SSSR count). The van der Waals surface area contributed by atoms with E-state index in [-0.39, 0.29) is 6.04 Å². The normalized spacial score (nSPS) is 26.8. The van der Waals surface area contributed by atoms with E-state index in [1.165, 1.54) is 36.8 Å². The molecule has 1 aromatic rings. The molecular weight excluding hydrogens is 206 g/mol. The Morgan fingerprint density at radius 1 is 1.24 bits per heavy atom. The summed E-state index contributed by atoms with van der Waals surface area (Å²) in [6.45, 7) is 4.46. The second kappa shape index (κ2) is 5.68. The van der Waals surface area contributed by atoms with Gasteiger partial charge in [0.2, 0.25) is 0 Å². The standard InChI is InChI=1S/C16H25N/c1-12-6-8-15(9-7-12)16-5-3-4-14(11-16)10-13(2)17/h3-5,11-13,15H,6-10,17H2,1-2H3. The lowest BCUT2D eigenvalue weighted by Gasteiger charge is -2.26. The van der Waals surface area contributed by atoms with Crippen molar-refractivity contribution in [3.8, 4) is 0 Å². The number of benzene rings is 1. The first-order valence-electron chi connectivity index (χ1n) is 6.99. The molecule has 1 saturated carbocycles. The van der Waals surface area contributed by atoms with E-state index in [0.29, 0.717) is 0 Å². The summed E-state index contributed by atoms with van der Waals surface area (Å²) in [7, 11) is 0. The highest BCUT2D eigenvalue weighted by atomic mass is 14.6. The monoisotopic (exact) mass is 231 g/mol. The minimum Gasteiger partial charge on any atom is -0.328 e. The highest BCUT2D eigenvalue weighted by Crippen LogP contribution is 2.35. The van der Waals surface area contributed by atoms with Gasteiger partial charge in [0.05, 0.1) is 0 Å². The highest BCUT2D eigenvalue weighted by molar-refractivity contribution is 5.27. The molecule has 0 radical (unpaired) electrons. The minimum atomic E-state index is 0.261. The summed E-state index contributed by atoms with van der Waals surface area (Å²) in [5.41, 5.74) is 8.81. The molecule has 0 saturated heterocycles. The van der Waals surface area contributed by atoms with Crippen LogP contribution < -0.4 is 5.73 Å². The Labute approximate surface area is 105 Å². The molecule has 0 aromatic heterocycles. The quantitative estimate of drug-likeness (QED) is 0.839. The first-order chi connectivity index (χ1) is 8.15. The van der Waals surface area contributed by atoms with E-state index in [2.05, 4.69) is 38.1 Å². The predicted molar refractivity (Wildman–Crippen MR) is 74.2 cm³/mol. The molecule has 2 N–H and O–H groups in total. The van der Waals surface area contributed by atoms with E-state index in [1.54, 1.807) is 0 Å². The third-order valence-electron chi connectivity index (χ3n) is 4.00. The first-order valence-corrected chi connectivity index (χ1v) is 6.99. The molecule has 17 heavy (non-hydrogen) atoms. The van der Waals surface area contributed by atoms with Gasteiger partial charge in [0, 0.05) is 6.04 Å². The van der Waals surface area contributed by atoms with Gasteiger partial charge in [-0.1, -0.05) is 44.0 Å². The van der Waals surface area contributed by atoms with Crippen LogP contribution in [-0.4, -0.2) is 6.04 Å². The SMILES string of the molecule is CC(N)Cc1cccc(C2CCC(C)CC2)c1. The van der Waals surface area contributed by atoms with Crippen LogP contribution in [0.15, 0.2) is 24.3 Å². The molecule has 0 heterocycles. The van der Waals surface area contributed by atoms with Crippen molar-refractivity contribution >= 4 is 0 Å². The molecule has 1 unspecified atom stereocenters. The highest BCUT2D eigenvalue weighted by Gasteiger charge is 2.19. The van der Waals surface area contributed by atoms with Gasteiger partial charge in [0.1, 0.15) is 0 Å².